The third kappa shape index (κ3) is 7.15. The number of hydrogen-bond donors (Lipinski definition) is 2. The minimum absolute atomic E-state index is 0. The smallest absolute Gasteiger partial charge is 0.191 e. The summed E-state index contributed by atoms with van der Waals surface area (Å²) in [6, 6.07) is 4.72. The lowest BCUT2D eigenvalue weighted by Crippen LogP contribution is -2.44. The lowest BCUT2D eigenvalue weighted by Gasteiger charge is -2.20. The van der Waals surface area contributed by atoms with Crippen molar-refractivity contribution in [1.82, 2.24) is 10.6 Å². The van der Waals surface area contributed by atoms with Gasteiger partial charge in [0.15, 0.2) is 5.96 Å². The average Bonchev–Trinajstić information content (AvgIpc) is 2.72. The van der Waals surface area contributed by atoms with Gasteiger partial charge in [0.05, 0.1) is 6.54 Å². The van der Waals surface area contributed by atoms with Crippen LogP contribution in [-0.4, -0.2) is 18.5 Å². The van der Waals surface area contributed by atoms with E-state index in [4.69, 9.17) is 0 Å². The van der Waals surface area contributed by atoms with Crippen LogP contribution in [0.25, 0.3) is 0 Å². The summed E-state index contributed by atoms with van der Waals surface area (Å²) in [4.78, 5) is 7.27. The zero-order valence-corrected chi connectivity index (χ0v) is 15.6. The summed E-state index contributed by atoms with van der Waals surface area (Å²) < 4.78 is 0. The van der Waals surface area contributed by atoms with Crippen LogP contribution in [0.1, 0.15) is 37.4 Å². The highest BCUT2D eigenvalue weighted by molar-refractivity contribution is 14.0. The molecule has 5 heteroatoms. The van der Waals surface area contributed by atoms with Crippen molar-refractivity contribution in [2.75, 3.05) is 6.54 Å². The van der Waals surface area contributed by atoms with Crippen LogP contribution >= 0.6 is 35.3 Å². The van der Waals surface area contributed by atoms with Crippen LogP contribution in [0.3, 0.4) is 0 Å². The van der Waals surface area contributed by atoms with Gasteiger partial charge in [-0.3, -0.25) is 0 Å². The molecule has 1 aromatic rings. The zero-order valence-electron chi connectivity index (χ0n) is 12.5. The van der Waals surface area contributed by atoms with Crippen molar-refractivity contribution in [1.29, 1.82) is 0 Å². The number of hydrogen-bond acceptors (Lipinski definition) is 2. The lowest BCUT2D eigenvalue weighted by molar-refractivity contribution is 0.481. The van der Waals surface area contributed by atoms with E-state index in [1.807, 2.05) is 11.3 Å². The predicted octanol–water partition coefficient (Wildman–Crippen LogP) is 3.77. The monoisotopic (exact) mass is 395 g/mol. The van der Waals surface area contributed by atoms with Gasteiger partial charge in [-0.2, -0.15) is 0 Å². The van der Waals surface area contributed by atoms with Gasteiger partial charge in [0.1, 0.15) is 0 Å². The molecule has 1 heterocycles. The molecule has 1 rings (SSSR count). The van der Waals surface area contributed by atoms with Gasteiger partial charge in [-0.15, -0.1) is 35.3 Å². The molecule has 0 spiro atoms. The molecule has 1 unspecified atom stereocenters. The summed E-state index contributed by atoms with van der Waals surface area (Å²) in [5.41, 5.74) is 0. The Morgan fingerprint density at radius 3 is 2.47 bits per heavy atom. The molecule has 0 radical (unpaired) electrons. The van der Waals surface area contributed by atoms with Gasteiger partial charge in [0, 0.05) is 22.3 Å². The standard InChI is InChI=1S/C14H25N3S.HI/c1-6-15-14(17-12(5)10(2)3)16-9-13-8-7-11(4)18-13;/h7-8,10,12H,6,9H2,1-5H3,(H2,15,16,17);1H. The fraction of sp³-hybridized carbons (Fsp3) is 0.643. The van der Waals surface area contributed by atoms with Crippen LogP contribution in [0.2, 0.25) is 0 Å². The summed E-state index contributed by atoms with van der Waals surface area (Å²) >= 11 is 1.81. The van der Waals surface area contributed by atoms with Crippen LogP contribution in [-0.2, 0) is 6.54 Å². The van der Waals surface area contributed by atoms with Gasteiger partial charge < -0.3 is 10.6 Å². The first-order chi connectivity index (χ1) is 8.52. The van der Waals surface area contributed by atoms with Crippen molar-refractivity contribution in [3.63, 3.8) is 0 Å². The number of aryl methyl sites for hydroxylation is 1. The molecule has 0 amide bonds. The van der Waals surface area contributed by atoms with Gasteiger partial charge in [-0.05, 0) is 38.8 Å². The predicted molar refractivity (Wildman–Crippen MR) is 96.7 cm³/mol. The highest BCUT2D eigenvalue weighted by Crippen LogP contribution is 2.15. The maximum Gasteiger partial charge on any atom is 0.191 e. The van der Waals surface area contributed by atoms with Gasteiger partial charge in [0.2, 0.25) is 0 Å². The Bertz CT molecular complexity index is 388. The molecule has 1 aromatic heterocycles. The number of rotatable bonds is 5. The summed E-state index contributed by atoms with van der Waals surface area (Å²) in [6.07, 6.45) is 0. The summed E-state index contributed by atoms with van der Waals surface area (Å²) in [7, 11) is 0. The molecule has 3 nitrogen and oxygen atoms in total. The fourth-order valence-corrected chi connectivity index (χ4v) is 2.24. The van der Waals surface area contributed by atoms with Crippen LogP contribution in [0.5, 0.6) is 0 Å². The summed E-state index contributed by atoms with van der Waals surface area (Å²) in [5, 5.41) is 6.73. The van der Waals surface area contributed by atoms with Crippen molar-refractivity contribution < 1.29 is 0 Å². The Morgan fingerprint density at radius 1 is 1.32 bits per heavy atom. The van der Waals surface area contributed by atoms with Crippen LogP contribution < -0.4 is 10.6 Å². The first kappa shape index (κ1) is 18.7. The number of nitrogens with zero attached hydrogens (tertiary/aromatic N) is 1. The molecule has 2 N–H and O–H groups in total. The van der Waals surface area contributed by atoms with E-state index in [1.165, 1.54) is 9.75 Å². The molecule has 0 fully saturated rings. The molecule has 0 aliphatic carbocycles. The molecular formula is C14H26IN3S. The molecule has 0 bridgehead atoms. The van der Waals surface area contributed by atoms with Crippen molar-refractivity contribution >= 4 is 41.3 Å². The molecule has 0 aromatic carbocycles. The Hall–Kier alpha value is -0.300. The van der Waals surface area contributed by atoms with Crippen molar-refractivity contribution in [3.05, 3.63) is 21.9 Å². The first-order valence-corrected chi connectivity index (χ1v) is 7.44. The SMILES string of the molecule is CCNC(=NCc1ccc(C)s1)NC(C)C(C)C.I. The largest absolute Gasteiger partial charge is 0.357 e. The highest BCUT2D eigenvalue weighted by atomic mass is 127. The second-order valence-corrected chi connectivity index (χ2v) is 6.26. The second kappa shape index (κ2) is 9.58. The van der Waals surface area contributed by atoms with E-state index < -0.39 is 0 Å². The number of thiophene rings is 1. The van der Waals surface area contributed by atoms with E-state index in [-0.39, 0.29) is 24.0 Å². The van der Waals surface area contributed by atoms with Crippen molar-refractivity contribution in [2.24, 2.45) is 10.9 Å². The lowest BCUT2D eigenvalue weighted by atomic mass is 10.1. The Labute approximate surface area is 138 Å². The second-order valence-electron chi connectivity index (χ2n) is 4.88. The molecular weight excluding hydrogens is 369 g/mol. The number of nitrogens with one attached hydrogen (secondary N) is 2. The molecule has 110 valence electrons. The van der Waals surface area contributed by atoms with E-state index in [1.54, 1.807) is 0 Å². The van der Waals surface area contributed by atoms with E-state index in [0.29, 0.717) is 12.0 Å². The first-order valence-electron chi connectivity index (χ1n) is 6.63. The van der Waals surface area contributed by atoms with Gasteiger partial charge >= 0.3 is 0 Å². The van der Waals surface area contributed by atoms with Crippen molar-refractivity contribution in [2.45, 2.75) is 47.2 Å². The normalized spacial score (nSPS) is 13.1. The fourth-order valence-electron chi connectivity index (χ4n) is 1.43. The quantitative estimate of drug-likeness (QED) is 0.452. The Kier molecular flexibility index (Phi) is 9.43. The summed E-state index contributed by atoms with van der Waals surface area (Å²) in [5.74, 6) is 1.50. The Balaban J connectivity index is 0.00000324. The van der Waals surface area contributed by atoms with E-state index in [0.717, 1.165) is 19.0 Å². The van der Waals surface area contributed by atoms with Crippen LogP contribution in [0, 0.1) is 12.8 Å². The van der Waals surface area contributed by atoms with Crippen LogP contribution in [0.4, 0.5) is 0 Å². The van der Waals surface area contributed by atoms with Gasteiger partial charge in [-0.25, -0.2) is 4.99 Å². The number of guanidine groups is 1. The maximum atomic E-state index is 4.62. The zero-order chi connectivity index (χ0) is 13.5. The molecule has 19 heavy (non-hydrogen) atoms. The topological polar surface area (TPSA) is 36.4 Å². The molecule has 1 atom stereocenters. The highest BCUT2D eigenvalue weighted by Gasteiger charge is 2.08. The van der Waals surface area contributed by atoms with Gasteiger partial charge in [0.25, 0.3) is 0 Å². The number of halogens is 1. The van der Waals surface area contributed by atoms with Crippen molar-refractivity contribution in [3.8, 4) is 0 Å². The summed E-state index contributed by atoms with van der Waals surface area (Å²) in [6.45, 7) is 12.5. The Morgan fingerprint density at radius 2 is 2.00 bits per heavy atom. The van der Waals surface area contributed by atoms with Crippen LogP contribution in [0.15, 0.2) is 17.1 Å². The third-order valence-corrected chi connectivity index (χ3v) is 3.88. The molecule has 0 aliphatic rings. The van der Waals surface area contributed by atoms with E-state index in [9.17, 15) is 0 Å². The third-order valence-electron chi connectivity index (χ3n) is 2.90. The molecule has 0 saturated heterocycles. The maximum absolute atomic E-state index is 4.62. The molecule has 0 saturated carbocycles. The molecule has 0 aliphatic heterocycles. The van der Waals surface area contributed by atoms with E-state index >= 15 is 0 Å². The average molecular weight is 395 g/mol. The van der Waals surface area contributed by atoms with E-state index in [2.05, 4.69) is 62.4 Å². The number of aliphatic imine (C=N–C) groups is 1. The minimum atomic E-state index is 0. The minimum Gasteiger partial charge on any atom is -0.357 e. The van der Waals surface area contributed by atoms with Gasteiger partial charge in [-0.1, -0.05) is 13.8 Å².